The first-order valence-electron chi connectivity index (χ1n) is 10.4. The summed E-state index contributed by atoms with van der Waals surface area (Å²) >= 11 is 3.66. The van der Waals surface area contributed by atoms with Crippen molar-refractivity contribution in [3.05, 3.63) is 34.3 Å². The molecule has 1 atom stereocenters. The second-order valence-electron chi connectivity index (χ2n) is 8.69. The molecule has 1 saturated heterocycles. The minimum atomic E-state index is -0.0438. The highest BCUT2D eigenvalue weighted by Gasteiger charge is 2.32. The zero-order valence-electron chi connectivity index (χ0n) is 17.3. The van der Waals surface area contributed by atoms with Gasteiger partial charge in [-0.05, 0) is 30.9 Å². The summed E-state index contributed by atoms with van der Waals surface area (Å²) in [5, 5.41) is 6.99. The fraction of sp³-hybridized carbons (Fsp3) is 0.636. The van der Waals surface area contributed by atoms with Gasteiger partial charge in [0.2, 0.25) is 5.91 Å². The summed E-state index contributed by atoms with van der Waals surface area (Å²) in [5.41, 5.74) is 1.23. The number of likely N-dealkylation sites (tertiary alicyclic amines) is 1. The third-order valence-corrected chi connectivity index (χ3v) is 6.76. The van der Waals surface area contributed by atoms with Crippen LogP contribution in [0.5, 0.6) is 0 Å². The van der Waals surface area contributed by atoms with Crippen LogP contribution in [0.1, 0.15) is 51.5 Å². The van der Waals surface area contributed by atoms with E-state index < -0.39 is 0 Å². The molecule has 1 saturated carbocycles. The Morgan fingerprint density at radius 1 is 1.25 bits per heavy atom. The lowest BCUT2D eigenvalue weighted by Crippen LogP contribution is -2.48. The van der Waals surface area contributed by atoms with Gasteiger partial charge in [-0.15, -0.1) is 0 Å². The molecule has 6 heteroatoms. The van der Waals surface area contributed by atoms with E-state index in [1.165, 1.54) is 18.4 Å². The number of nitrogens with one attached hydrogen (secondary N) is 2. The van der Waals surface area contributed by atoms with Crippen LogP contribution in [0.2, 0.25) is 0 Å². The lowest BCUT2D eigenvalue weighted by atomic mass is 9.84. The molecular weight excluding hydrogens is 416 g/mol. The number of nitrogens with zero attached hydrogens (tertiary/aromatic N) is 2. The van der Waals surface area contributed by atoms with Crippen LogP contribution >= 0.6 is 15.9 Å². The monoisotopic (exact) mass is 448 g/mol. The first-order chi connectivity index (χ1) is 13.4. The maximum atomic E-state index is 12.6. The molecule has 0 radical (unpaired) electrons. The second-order valence-corrected chi connectivity index (χ2v) is 9.54. The summed E-state index contributed by atoms with van der Waals surface area (Å²) in [6, 6.07) is 8.62. The zero-order valence-corrected chi connectivity index (χ0v) is 18.9. The average Bonchev–Trinajstić information content (AvgIpc) is 3.37. The molecule has 1 amide bonds. The van der Waals surface area contributed by atoms with E-state index >= 15 is 0 Å². The van der Waals surface area contributed by atoms with Crippen molar-refractivity contribution in [3.63, 3.8) is 0 Å². The Kier molecular flexibility index (Phi) is 7.02. The minimum Gasteiger partial charge on any atom is -0.356 e. The van der Waals surface area contributed by atoms with Crippen molar-refractivity contribution in [2.45, 2.75) is 57.4 Å². The maximum absolute atomic E-state index is 12.6. The van der Waals surface area contributed by atoms with Gasteiger partial charge in [0.05, 0.1) is 0 Å². The number of aliphatic imine (C=N–C) groups is 1. The van der Waals surface area contributed by atoms with Crippen molar-refractivity contribution in [3.8, 4) is 0 Å². The number of hydrogen-bond acceptors (Lipinski definition) is 2. The third-order valence-electron chi connectivity index (χ3n) is 6.07. The number of carbonyl (C=O) groups is 1. The Bertz CT molecular complexity index is 712. The van der Waals surface area contributed by atoms with Gasteiger partial charge >= 0.3 is 0 Å². The normalized spacial score (nSPS) is 21.2. The topological polar surface area (TPSA) is 56.7 Å². The molecule has 2 fully saturated rings. The van der Waals surface area contributed by atoms with Crippen LogP contribution in [-0.2, 0) is 10.2 Å². The number of halogens is 1. The predicted molar refractivity (Wildman–Crippen MR) is 119 cm³/mol. The lowest BCUT2D eigenvalue weighted by molar-refractivity contribution is -0.134. The second kappa shape index (κ2) is 9.29. The fourth-order valence-corrected chi connectivity index (χ4v) is 5.13. The Labute approximate surface area is 177 Å². The molecule has 1 aromatic rings. The van der Waals surface area contributed by atoms with Crippen molar-refractivity contribution in [1.29, 1.82) is 0 Å². The van der Waals surface area contributed by atoms with Gasteiger partial charge in [0.1, 0.15) is 0 Å². The summed E-state index contributed by atoms with van der Waals surface area (Å²) in [5.74, 6) is 1.43. The van der Waals surface area contributed by atoms with Gasteiger partial charge in [-0.3, -0.25) is 9.79 Å². The molecule has 28 heavy (non-hydrogen) atoms. The van der Waals surface area contributed by atoms with Crippen LogP contribution in [-0.4, -0.2) is 49.5 Å². The SMILES string of the molecule is CN=C(NCC(C)(C)c1ccccc1Br)NC1CCN(C(=O)C2CCCC2)C1. The van der Waals surface area contributed by atoms with Crippen molar-refractivity contribution in [2.75, 3.05) is 26.7 Å². The van der Waals surface area contributed by atoms with E-state index in [0.29, 0.717) is 5.91 Å². The maximum Gasteiger partial charge on any atom is 0.225 e. The van der Waals surface area contributed by atoms with E-state index in [9.17, 15) is 4.79 Å². The molecule has 1 aliphatic carbocycles. The van der Waals surface area contributed by atoms with Crippen LogP contribution < -0.4 is 10.6 Å². The number of amides is 1. The van der Waals surface area contributed by atoms with Gasteiger partial charge in [-0.25, -0.2) is 0 Å². The molecule has 1 aromatic carbocycles. The fourth-order valence-electron chi connectivity index (χ4n) is 4.31. The van der Waals surface area contributed by atoms with Crippen LogP contribution in [0.15, 0.2) is 33.7 Å². The molecule has 2 N–H and O–H groups in total. The van der Waals surface area contributed by atoms with E-state index in [-0.39, 0.29) is 17.4 Å². The van der Waals surface area contributed by atoms with E-state index in [1.54, 1.807) is 7.05 Å². The first kappa shape index (κ1) is 21.2. The summed E-state index contributed by atoms with van der Waals surface area (Å²) < 4.78 is 1.13. The van der Waals surface area contributed by atoms with Crippen molar-refractivity contribution in [1.82, 2.24) is 15.5 Å². The molecule has 0 aromatic heterocycles. The molecule has 5 nitrogen and oxygen atoms in total. The summed E-state index contributed by atoms with van der Waals surface area (Å²) in [6.45, 7) is 6.86. The number of carbonyl (C=O) groups excluding carboxylic acids is 1. The van der Waals surface area contributed by atoms with Gasteiger partial charge in [0, 0.05) is 48.5 Å². The number of benzene rings is 1. The van der Waals surface area contributed by atoms with E-state index in [2.05, 4.69) is 63.6 Å². The summed E-state index contributed by atoms with van der Waals surface area (Å²) in [6.07, 6.45) is 5.53. The molecule has 154 valence electrons. The van der Waals surface area contributed by atoms with Gasteiger partial charge in [0.25, 0.3) is 0 Å². The number of rotatable bonds is 5. The standard InChI is InChI=1S/C22H33BrN4O/c1-22(2,18-10-6-7-11-19(18)23)15-25-21(24-3)26-17-12-13-27(14-17)20(28)16-8-4-5-9-16/h6-7,10-11,16-17H,4-5,8-9,12-15H2,1-3H3,(H2,24,25,26). The number of guanidine groups is 1. The molecule has 1 heterocycles. The Balaban J connectivity index is 1.51. The average molecular weight is 449 g/mol. The van der Waals surface area contributed by atoms with Crippen LogP contribution in [0.25, 0.3) is 0 Å². The van der Waals surface area contributed by atoms with Crippen molar-refractivity contribution >= 4 is 27.8 Å². The Hall–Kier alpha value is -1.56. The van der Waals surface area contributed by atoms with Gasteiger partial charge < -0.3 is 15.5 Å². The molecule has 1 aliphatic heterocycles. The lowest BCUT2D eigenvalue weighted by Gasteiger charge is -2.28. The highest BCUT2D eigenvalue weighted by Crippen LogP contribution is 2.29. The van der Waals surface area contributed by atoms with Gasteiger partial charge in [-0.2, -0.15) is 0 Å². The summed E-state index contributed by atoms with van der Waals surface area (Å²) in [4.78, 5) is 19.1. The van der Waals surface area contributed by atoms with E-state index in [4.69, 9.17) is 0 Å². The van der Waals surface area contributed by atoms with Crippen LogP contribution in [0.3, 0.4) is 0 Å². The van der Waals surface area contributed by atoms with E-state index in [0.717, 1.165) is 49.3 Å². The van der Waals surface area contributed by atoms with Gasteiger partial charge in [0.15, 0.2) is 5.96 Å². The highest BCUT2D eigenvalue weighted by molar-refractivity contribution is 9.10. The molecular formula is C22H33BrN4O. The largest absolute Gasteiger partial charge is 0.356 e. The van der Waals surface area contributed by atoms with Gasteiger partial charge in [-0.1, -0.05) is 60.8 Å². The highest BCUT2D eigenvalue weighted by atomic mass is 79.9. The first-order valence-corrected chi connectivity index (χ1v) is 11.2. The van der Waals surface area contributed by atoms with Crippen molar-refractivity contribution in [2.24, 2.45) is 10.9 Å². The molecule has 0 spiro atoms. The zero-order chi connectivity index (χ0) is 20.1. The molecule has 0 bridgehead atoms. The quantitative estimate of drug-likeness (QED) is 0.533. The summed E-state index contributed by atoms with van der Waals surface area (Å²) in [7, 11) is 1.80. The Morgan fingerprint density at radius 2 is 1.96 bits per heavy atom. The molecule has 1 unspecified atom stereocenters. The smallest absolute Gasteiger partial charge is 0.225 e. The molecule has 3 rings (SSSR count). The minimum absolute atomic E-state index is 0.0438. The third kappa shape index (κ3) is 5.07. The number of hydrogen-bond donors (Lipinski definition) is 2. The van der Waals surface area contributed by atoms with Crippen LogP contribution in [0.4, 0.5) is 0 Å². The van der Waals surface area contributed by atoms with Crippen molar-refractivity contribution < 1.29 is 4.79 Å². The predicted octanol–water partition coefficient (Wildman–Crippen LogP) is 3.68. The van der Waals surface area contributed by atoms with E-state index in [1.807, 2.05) is 11.0 Å². The molecule has 2 aliphatic rings. The van der Waals surface area contributed by atoms with Crippen LogP contribution in [0, 0.1) is 5.92 Å². The Morgan fingerprint density at radius 3 is 2.64 bits per heavy atom.